The summed E-state index contributed by atoms with van der Waals surface area (Å²) in [5.41, 5.74) is 1.34. The minimum absolute atomic E-state index is 0.00415. The van der Waals surface area contributed by atoms with Crippen molar-refractivity contribution in [1.82, 2.24) is 9.88 Å². The Morgan fingerprint density at radius 3 is 2.58 bits per heavy atom. The third kappa shape index (κ3) is 5.03. The van der Waals surface area contributed by atoms with Gasteiger partial charge in [0, 0.05) is 13.1 Å². The third-order valence-electron chi connectivity index (χ3n) is 4.49. The number of likely N-dealkylation sites (tertiary alicyclic amines) is 1. The van der Waals surface area contributed by atoms with Gasteiger partial charge in [0.1, 0.15) is 0 Å². The van der Waals surface area contributed by atoms with E-state index in [1.165, 1.54) is 11.8 Å². The van der Waals surface area contributed by atoms with Gasteiger partial charge in [-0.05, 0) is 30.7 Å². The largest absolute Gasteiger partial charge is 0.352 e. The highest BCUT2D eigenvalue weighted by Crippen LogP contribution is 2.23. The van der Waals surface area contributed by atoms with Crippen LogP contribution in [0.4, 0.5) is 5.13 Å². The van der Waals surface area contributed by atoms with Gasteiger partial charge in [-0.25, -0.2) is 18.5 Å². The van der Waals surface area contributed by atoms with E-state index in [1.807, 2.05) is 11.0 Å². The van der Waals surface area contributed by atoms with Gasteiger partial charge >= 0.3 is 0 Å². The number of nitrogens with one attached hydrogen (secondary N) is 1. The molecule has 0 aliphatic carbocycles. The van der Waals surface area contributed by atoms with Gasteiger partial charge in [-0.15, -0.1) is 0 Å². The number of benzene rings is 1. The molecule has 0 unspecified atom stereocenters. The van der Waals surface area contributed by atoms with Gasteiger partial charge < -0.3 is 10.2 Å². The summed E-state index contributed by atoms with van der Waals surface area (Å²) >= 11 is 0.924. The van der Waals surface area contributed by atoms with Crippen LogP contribution in [0.1, 0.15) is 18.4 Å². The number of sulfonamides is 1. The summed E-state index contributed by atoms with van der Waals surface area (Å²) in [6.45, 7) is 1.59. The second kappa shape index (κ2) is 8.15. The van der Waals surface area contributed by atoms with E-state index >= 15 is 0 Å². The molecule has 0 atom stereocenters. The molecule has 0 spiro atoms. The van der Waals surface area contributed by atoms with Crippen molar-refractivity contribution in [2.75, 3.05) is 25.0 Å². The van der Waals surface area contributed by atoms with Crippen molar-refractivity contribution in [3.63, 3.8) is 0 Å². The van der Waals surface area contributed by atoms with Crippen LogP contribution >= 0.6 is 11.3 Å². The number of hydrogen-bond donors (Lipinski definition) is 2. The zero-order valence-electron chi connectivity index (χ0n) is 14.3. The Balaban J connectivity index is 1.44. The van der Waals surface area contributed by atoms with Gasteiger partial charge in [0.2, 0.25) is 15.9 Å². The second-order valence-corrected chi connectivity index (χ2v) is 9.22. The lowest BCUT2D eigenvalue weighted by Gasteiger charge is -2.32. The summed E-state index contributed by atoms with van der Waals surface area (Å²) < 4.78 is 22.5. The first-order chi connectivity index (χ1) is 12.4. The lowest BCUT2D eigenvalue weighted by Crippen LogP contribution is -2.41. The summed E-state index contributed by atoms with van der Waals surface area (Å²) in [6.07, 6.45) is 4.24. The molecule has 3 rings (SSSR count). The average Bonchev–Trinajstić information content (AvgIpc) is 3.11. The number of nitrogens with two attached hydrogens (primary N) is 1. The molecule has 2 heterocycles. The Bertz CT molecular complexity index is 844. The molecule has 1 saturated heterocycles. The quantitative estimate of drug-likeness (QED) is 0.775. The van der Waals surface area contributed by atoms with E-state index in [0.717, 1.165) is 43.7 Å². The van der Waals surface area contributed by atoms with Gasteiger partial charge in [0.25, 0.3) is 0 Å². The van der Waals surface area contributed by atoms with Gasteiger partial charge in [-0.3, -0.25) is 4.79 Å². The van der Waals surface area contributed by atoms with Gasteiger partial charge in [0.15, 0.2) is 9.34 Å². The predicted molar refractivity (Wildman–Crippen MR) is 101 cm³/mol. The minimum Gasteiger partial charge on any atom is -0.352 e. The molecule has 1 fully saturated rings. The van der Waals surface area contributed by atoms with Crippen LogP contribution < -0.4 is 10.5 Å². The minimum atomic E-state index is -3.75. The zero-order chi connectivity index (χ0) is 18.6. The van der Waals surface area contributed by atoms with Crippen LogP contribution in [0, 0.1) is 5.92 Å². The molecule has 0 saturated carbocycles. The van der Waals surface area contributed by atoms with Crippen LogP contribution in [-0.2, 0) is 21.2 Å². The highest BCUT2D eigenvalue weighted by molar-refractivity contribution is 7.91. The molecule has 140 valence electrons. The van der Waals surface area contributed by atoms with E-state index in [4.69, 9.17) is 5.14 Å². The van der Waals surface area contributed by atoms with Crippen LogP contribution in [0.25, 0.3) is 0 Å². The fourth-order valence-corrected chi connectivity index (χ4v) is 4.52. The lowest BCUT2D eigenvalue weighted by molar-refractivity contribution is -0.130. The molecule has 7 nitrogen and oxygen atoms in total. The number of thiazole rings is 1. The molecule has 1 amide bonds. The molecule has 1 aromatic heterocycles. The monoisotopic (exact) mass is 394 g/mol. The number of hydrogen-bond acceptors (Lipinski definition) is 6. The van der Waals surface area contributed by atoms with Gasteiger partial charge in [0.05, 0.1) is 12.7 Å². The molecule has 2 aromatic rings. The Labute approximate surface area is 157 Å². The van der Waals surface area contributed by atoms with Crippen LogP contribution in [0.3, 0.4) is 0 Å². The van der Waals surface area contributed by atoms with Gasteiger partial charge in [-0.1, -0.05) is 41.7 Å². The van der Waals surface area contributed by atoms with Crippen molar-refractivity contribution in [3.8, 4) is 0 Å². The smallest absolute Gasteiger partial charge is 0.249 e. The Morgan fingerprint density at radius 1 is 1.27 bits per heavy atom. The van der Waals surface area contributed by atoms with E-state index < -0.39 is 10.0 Å². The maximum Gasteiger partial charge on any atom is 0.249 e. The molecule has 1 aliphatic rings. The number of rotatable bonds is 6. The number of piperidine rings is 1. The molecule has 0 bridgehead atoms. The third-order valence-corrected chi connectivity index (χ3v) is 6.85. The maximum absolute atomic E-state index is 12.3. The molecule has 9 heteroatoms. The van der Waals surface area contributed by atoms with Crippen molar-refractivity contribution in [2.45, 2.75) is 23.5 Å². The SMILES string of the molecule is NS(=O)(=O)c1cnc(NCC(=O)N2CCC(Cc3ccccc3)CC2)s1. The van der Waals surface area contributed by atoms with E-state index in [2.05, 4.69) is 34.6 Å². The molecule has 1 aromatic carbocycles. The number of carbonyl (C=O) groups is 1. The molecule has 26 heavy (non-hydrogen) atoms. The average molecular weight is 395 g/mol. The van der Waals surface area contributed by atoms with Crippen molar-refractivity contribution >= 4 is 32.4 Å². The zero-order valence-corrected chi connectivity index (χ0v) is 15.9. The highest BCUT2D eigenvalue weighted by atomic mass is 32.2. The highest BCUT2D eigenvalue weighted by Gasteiger charge is 2.23. The van der Waals surface area contributed by atoms with E-state index in [-0.39, 0.29) is 16.7 Å². The summed E-state index contributed by atoms with van der Waals surface area (Å²) in [4.78, 5) is 18.1. The second-order valence-electron chi connectivity index (χ2n) is 6.40. The van der Waals surface area contributed by atoms with Crippen molar-refractivity contribution in [1.29, 1.82) is 0 Å². The number of anilines is 1. The van der Waals surface area contributed by atoms with Gasteiger partial charge in [-0.2, -0.15) is 0 Å². The number of nitrogens with zero attached hydrogens (tertiary/aromatic N) is 2. The predicted octanol–water partition coefficient (Wildman–Crippen LogP) is 1.68. The Morgan fingerprint density at radius 2 is 1.96 bits per heavy atom. The Kier molecular flexibility index (Phi) is 5.90. The molecular formula is C17H22N4O3S2. The normalized spacial score (nSPS) is 15.8. The standard InChI is InChI=1S/C17H22N4O3S2/c18-26(23,24)16-12-20-17(25-16)19-11-15(22)21-8-6-14(7-9-21)10-13-4-2-1-3-5-13/h1-5,12,14H,6-11H2,(H,19,20)(H2,18,23,24). The van der Waals surface area contributed by atoms with Crippen molar-refractivity contribution in [2.24, 2.45) is 11.1 Å². The molecule has 0 radical (unpaired) electrons. The first-order valence-electron chi connectivity index (χ1n) is 8.46. The molecule has 3 N–H and O–H groups in total. The van der Waals surface area contributed by atoms with E-state index in [9.17, 15) is 13.2 Å². The van der Waals surface area contributed by atoms with Crippen LogP contribution in [0.5, 0.6) is 0 Å². The summed E-state index contributed by atoms with van der Waals surface area (Å²) in [6, 6.07) is 10.4. The van der Waals surface area contributed by atoms with Crippen molar-refractivity contribution in [3.05, 3.63) is 42.1 Å². The number of aromatic nitrogens is 1. The Hall–Kier alpha value is -1.97. The topological polar surface area (TPSA) is 105 Å². The van der Waals surface area contributed by atoms with E-state index in [0.29, 0.717) is 11.0 Å². The van der Waals surface area contributed by atoms with Crippen LogP contribution in [-0.4, -0.2) is 43.8 Å². The van der Waals surface area contributed by atoms with E-state index in [1.54, 1.807) is 0 Å². The van der Waals surface area contributed by atoms with Crippen LogP contribution in [0.15, 0.2) is 40.7 Å². The first-order valence-corrected chi connectivity index (χ1v) is 10.8. The fraction of sp³-hybridized carbons (Fsp3) is 0.412. The summed E-state index contributed by atoms with van der Waals surface area (Å²) in [5, 5.41) is 8.31. The lowest BCUT2D eigenvalue weighted by atomic mass is 9.90. The van der Waals surface area contributed by atoms with Crippen molar-refractivity contribution < 1.29 is 13.2 Å². The number of amides is 1. The fourth-order valence-electron chi connectivity index (χ4n) is 3.07. The molecular weight excluding hydrogens is 372 g/mol. The molecule has 1 aliphatic heterocycles. The number of carbonyl (C=O) groups excluding carboxylic acids is 1. The summed E-state index contributed by atoms with van der Waals surface area (Å²) in [5.74, 6) is 0.598. The van der Waals surface area contributed by atoms with Crippen LogP contribution in [0.2, 0.25) is 0 Å². The first kappa shape index (κ1) is 18.8. The maximum atomic E-state index is 12.3. The summed E-state index contributed by atoms with van der Waals surface area (Å²) in [7, 11) is -3.75. The number of primary sulfonamides is 1.